The Morgan fingerprint density at radius 2 is 2.23 bits per heavy atom. The Morgan fingerprint density at radius 3 is 3.00 bits per heavy atom. The summed E-state index contributed by atoms with van der Waals surface area (Å²) in [5.74, 6) is 0. The maximum atomic E-state index is 12.0. The third-order valence-corrected chi connectivity index (χ3v) is 4.38. The van der Waals surface area contributed by atoms with Crippen LogP contribution in [0.25, 0.3) is 0 Å². The first-order valence-corrected chi connectivity index (χ1v) is 8.19. The van der Waals surface area contributed by atoms with Gasteiger partial charge in [0.15, 0.2) is 5.16 Å². The normalized spacial score (nSPS) is 13.0. The molecule has 0 unspecified atom stereocenters. The Morgan fingerprint density at radius 1 is 1.41 bits per heavy atom. The van der Waals surface area contributed by atoms with Crippen LogP contribution < -0.4 is 10.6 Å². The molecule has 2 amide bonds. The number of hydrogen-bond acceptors (Lipinski definition) is 4. The Balaban J connectivity index is 1.57. The molecular formula is C15H18N4O2S. The third kappa shape index (κ3) is 3.10. The lowest BCUT2D eigenvalue weighted by Gasteiger charge is -2.09. The molecule has 1 aliphatic rings. The van der Waals surface area contributed by atoms with E-state index in [9.17, 15) is 4.79 Å². The predicted octanol–water partition coefficient (Wildman–Crippen LogP) is 2.49. The van der Waals surface area contributed by atoms with Crippen LogP contribution in [-0.2, 0) is 31.5 Å². The minimum absolute atomic E-state index is 0.231. The maximum absolute atomic E-state index is 12.0. The van der Waals surface area contributed by atoms with Crippen molar-refractivity contribution in [3.8, 4) is 0 Å². The van der Waals surface area contributed by atoms with Gasteiger partial charge in [0.1, 0.15) is 0 Å². The van der Waals surface area contributed by atoms with E-state index < -0.39 is 0 Å². The second-order valence-corrected chi connectivity index (χ2v) is 5.85. The molecule has 1 aromatic heterocycles. The van der Waals surface area contributed by atoms with Crippen molar-refractivity contribution in [3.63, 3.8) is 0 Å². The van der Waals surface area contributed by atoms with E-state index in [-0.39, 0.29) is 6.03 Å². The maximum Gasteiger partial charge on any atom is 0.319 e. The third-order valence-electron chi connectivity index (χ3n) is 3.63. The largest absolute Gasteiger partial charge is 0.372 e. The van der Waals surface area contributed by atoms with Crippen LogP contribution in [0.15, 0.2) is 29.6 Å². The number of imidazole rings is 1. The van der Waals surface area contributed by atoms with E-state index in [1.165, 1.54) is 5.56 Å². The van der Waals surface area contributed by atoms with Crippen LogP contribution in [0.2, 0.25) is 0 Å². The van der Waals surface area contributed by atoms with Crippen LogP contribution in [0.4, 0.5) is 10.5 Å². The Bertz CT molecular complexity index is 699. The summed E-state index contributed by atoms with van der Waals surface area (Å²) in [7, 11) is 1.94. The smallest absolute Gasteiger partial charge is 0.319 e. The molecule has 116 valence electrons. The highest BCUT2D eigenvalue weighted by Gasteiger charge is 2.12. The summed E-state index contributed by atoms with van der Waals surface area (Å²) in [5.41, 5.74) is 4.05. The van der Waals surface area contributed by atoms with E-state index in [2.05, 4.69) is 15.6 Å². The second kappa shape index (κ2) is 6.41. The fourth-order valence-corrected chi connectivity index (χ4v) is 2.92. The molecule has 1 aromatic carbocycles. The van der Waals surface area contributed by atoms with Gasteiger partial charge < -0.3 is 19.9 Å². The number of nitrogens with one attached hydrogen (secondary N) is 2. The Hall–Kier alpha value is -1.99. The topological polar surface area (TPSA) is 68.2 Å². The van der Waals surface area contributed by atoms with Crippen molar-refractivity contribution in [1.29, 1.82) is 0 Å². The summed E-state index contributed by atoms with van der Waals surface area (Å²) in [6, 6.07) is 5.61. The number of carbonyl (C=O) groups is 1. The molecule has 0 atom stereocenters. The molecule has 0 fully saturated rings. The quantitative estimate of drug-likeness (QED) is 0.850. The molecule has 6 nitrogen and oxygen atoms in total. The first kappa shape index (κ1) is 14.9. The number of hydrogen-bond donors (Lipinski definition) is 2. The number of ether oxygens (including phenoxy) is 1. The highest BCUT2D eigenvalue weighted by atomic mass is 32.2. The van der Waals surface area contributed by atoms with Gasteiger partial charge in [-0.25, -0.2) is 9.78 Å². The second-order valence-electron chi connectivity index (χ2n) is 5.08. The lowest BCUT2D eigenvalue weighted by Crippen LogP contribution is -2.29. The zero-order valence-corrected chi connectivity index (χ0v) is 13.4. The summed E-state index contributed by atoms with van der Waals surface area (Å²) in [6.07, 6.45) is 3.75. The van der Waals surface area contributed by atoms with Crippen molar-refractivity contribution in [2.75, 3.05) is 11.6 Å². The van der Waals surface area contributed by atoms with E-state index in [1.54, 1.807) is 18.0 Å². The Kier molecular flexibility index (Phi) is 4.35. The molecule has 2 aromatic rings. The van der Waals surface area contributed by atoms with Gasteiger partial charge in [-0.05, 0) is 29.5 Å². The zero-order chi connectivity index (χ0) is 15.5. The molecule has 0 spiro atoms. The van der Waals surface area contributed by atoms with Crippen molar-refractivity contribution >= 4 is 23.5 Å². The number of benzene rings is 1. The molecule has 2 heterocycles. The minimum atomic E-state index is -0.231. The molecule has 22 heavy (non-hydrogen) atoms. The average molecular weight is 318 g/mol. The number of amides is 2. The fourth-order valence-electron chi connectivity index (χ4n) is 2.38. The van der Waals surface area contributed by atoms with Gasteiger partial charge >= 0.3 is 6.03 Å². The lowest BCUT2D eigenvalue weighted by atomic mass is 10.1. The SMILES string of the molecule is CSc1ncc(CNC(=O)Nc2ccc3c(c2)COC3)n1C. The molecule has 0 aliphatic carbocycles. The summed E-state index contributed by atoms with van der Waals surface area (Å²) < 4.78 is 7.34. The van der Waals surface area contributed by atoms with Crippen molar-refractivity contribution in [2.24, 2.45) is 7.05 Å². The molecular weight excluding hydrogens is 300 g/mol. The highest BCUT2D eigenvalue weighted by molar-refractivity contribution is 7.98. The summed E-state index contributed by atoms with van der Waals surface area (Å²) in [6.45, 7) is 1.70. The van der Waals surface area contributed by atoms with Crippen LogP contribution in [0.1, 0.15) is 16.8 Å². The number of thioether (sulfide) groups is 1. The molecule has 0 saturated heterocycles. The average Bonchev–Trinajstić information content (AvgIpc) is 3.11. The van der Waals surface area contributed by atoms with Crippen LogP contribution in [-0.4, -0.2) is 21.8 Å². The monoisotopic (exact) mass is 318 g/mol. The highest BCUT2D eigenvalue weighted by Crippen LogP contribution is 2.23. The van der Waals surface area contributed by atoms with Crippen molar-refractivity contribution < 1.29 is 9.53 Å². The van der Waals surface area contributed by atoms with Gasteiger partial charge in [0.05, 0.1) is 31.6 Å². The number of rotatable bonds is 4. The number of urea groups is 1. The minimum Gasteiger partial charge on any atom is -0.372 e. The number of carbonyl (C=O) groups excluding carboxylic acids is 1. The van der Waals surface area contributed by atoms with Crippen LogP contribution in [0.3, 0.4) is 0 Å². The van der Waals surface area contributed by atoms with Gasteiger partial charge in [-0.2, -0.15) is 0 Å². The molecule has 7 heteroatoms. The summed E-state index contributed by atoms with van der Waals surface area (Å²) in [4.78, 5) is 16.3. The van der Waals surface area contributed by atoms with Crippen LogP contribution in [0.5, 0.6) is 0 Å². The molecule has 3 rings (SSSR count). The molecule has 0 bridgehead atoms. The van der Waals surface area contributed by atoms with E-state index in [4.69, 9.17) is 4.74 Å². The van der Waals surface area contributed by atoms with Crippen LogP contribution in [0, 0.1) is 0 Å². The number of aromatic nitrogens is 2. The fraction of sp³-hybridized carbons (Fsp3) is 0.333. The number of anilines is 1. The van der Waals surface area contributed by atoms with E-state index >= 15 is 0 Å². The van der Waals surface area contributed by atoms with Gasteiger partial charge in [0.2, 0.25) is 0 Å². The van der Waals surface area contributed by atoms with E-state index in [0.717, 1.165) is 22.1 Å². The van der Waals surface area contributed by atoms with Gasteiger partial charge in [-0.15, -0.1) is 0 Å². The number of nitrogens with zero attached hydrogens (tertiary/aromatic N) is 2. The van der Waals surface area contributed by atoms with Gasteiger partial charge in [0, 0.05) is 12.7 Å². The van der Waals surface area contributed by atoms with E-state index in [1.807, 2.05) is 36.1 Å². The molecule has 0 radical (unpaired) electrons. The van der Waals surface area contributed by atoms with Gasteiger partial charge in [0.25, 0.3) is 0 Å². The first-order valence-electron chi connectivity index (χ1n) is 6.96. The van der Waals surface area contributed by atoms with E-state index in [0.29, 0.717) is 19.8 Å². The molecule has 1 aliphatic heterocycles. The summed E-state index contributed by atoms with van der Waals surface area (Å²) in [5, 5.41) is 6.61. The van der Waals surface area contributed by atoms with Crippen molar-refractivity contribution in [2.45, 2.75) is 24.9 Å². The zero-order valence-electron chi connectivity index (χ0n) is 12.5. The predicted molar refractivity (Wildman–Crippen MR) is 85.8 cm³/mol. The lowest BCUT2D eigenvalue weighted by molar-refractivity contribution is 0.134. The summed E-state index contributed by atoms with van der Waals surface area (Å²) >= 11 is 1.58. The van der Waals surface area contributed by atoms with Gasteiger partial charge in [-0.1, -0.05) is 17.8 Å². The number of fused-ring (bicyclic) bond motifs is 1. The van der Waals surface area contributed by atoms with Gasteiger partial charge in [-0.3, -0.25) is 0 Å². The van der Waals surface area contributed by atoms with Crippen LogP contribution >= 0.6 is 11.8 Å². The standard InChI is InChI=1S/C15H18N4O2S/c1-19-13(7-17-15(19)22-2)6-16-14(20)18-12-4-3-10-8-21-9-11(10)5-12/h3-5,7H,6,8-9H2,1-2H3,(H2,16,18,20). The molecule has 0 saturated carbocycles. The van der Waals surface area contributed by atoms with Crippen molar-refractivity contribution in [3.05, 3.63) is 41.2 Å². The Labute approximate surface area is 133 Å². The van der Waals surface area contributed by atoms with Crippen molar-refractivity contribution in [1.82, 2.24) is 14.9 Å². The first-order chi connectivity index (χ1) is 10.7. The molecule has 2 N–H and O–H groups in total.